The van der Waals surface area contributed by atoms with Crippen molar-refractivity contribution in [2.75, 3.05) is 0 Å². The van der Waals surface area contributed by atoms with Crippen molar-refractivity contribution in [3.8, 4) is 61.5 Å². The quantitative estimate of drug-likeness (QED) is 0.167. The van der Waals surface area contributed by atoms with Crippen LogP contribution in [0.2, 0.25) is 0 Å². The van der Waals surface area contributed by atoms with E-state index in [1.807, 2.05) is 30.6 Å². The number of hydrogen-bond acceptors (Lipinski definition) is 5. The van der Waals surface area contributed by atoms with E-state index >= 15 is 0 Å². The van der Waals surface area contributed by atoms with E-state index in [1.54, 1.807) is 12.4 Å². The van der Waals surface area contributed by atoms with Gasteiger partial charge in [-0.05, 0) is 136 Å². The Bertz CT molecular complexity index is 3930. The highest BCUT2D eigenvalue weighted by Crippen LogP contribution is 2.39. The fraction of sp³-hybridized carbons (Fsp3) is 0. The van der Waals surface area contributed by atoms with Gasteiger partial charge >= 0.3 is 0 Å². The van der Waals surface area contributed by atoms with Crippen molar-refractivity contribution < 1.29 is 8.83 Å². The predicted octanol–water partition coefficient (Wildman–Crippen LogP) is 15.1. The first-order valence-corrected chi connectivity index (χ1v) is 21.0. The third-order valence-electron chi connectivity index (χ3n) is 12.4. The molecule has 7 aromatic carbocycles. The highest BCUT2D eigenvalue weighted by Gasteiger charge is 2.17. The molecule has 6 aromatic heterocycles. The number of hydrogen-bond donors (Lipinski definition) is 0. The van der Waals surface area contributed by atoms with Gasteiger partial charge in [0.2, 0.25) is 0 Å². The molecule has 13 aromatic rings. The lowest BCUT2D eigenvalue weighted by molar-refractivity contribution is 0.668. The molecular formula is C57H34N4O2. The van der Waals surface area contributed by atoms with E-state index in [0.717, 1.165) is 127 Å². The number of para-hydroxylation sites is 1. The summed E-state index contributed by atoms with van der Waals surface area (Å²) < 4.78 is 14.5. The molecule has 0 saturated heterocycles. The molecule has 6 nitrogen and oxygen atoms in total. The minimum Gasteiger partial charge on any atom is -0.456 e. The lowest BCUT2D eigenvalue weighted by Gasteiger charge is -2.10. The number of pyridine rings is 3. The third kappa shape index (κ3) is 5.84. The molecule has 0 atom stereocenters. The highest BCUT2D eigenvalue weighted by molar-refractivity contribution is 6.10. The van der Waals surface area contributed by atoms with Crippen molar-refractivity contribution in [3.05, 3.63) is 207 Å². The lowest BCUT2D eigenvalue weighted by Crippen LogP contribution is -1.93. The molecule has 0 saturated carbocycles. The third-order valence-corrected chi connectivity index (χ3v) is 12.4. The van der Waals surface area contributed by atoms with E-state index in [9.17, 15) is 0 Å². The van der Waals surface area contributed by atoms with Crippen LogP contribution in [0.25, 0.3) is 127 Å². The van der Waals surface area contributed by atoms with Crippen molar-refractivity contribution in [3.63, 3.8) is 0 Å². The summed E-state index contributed by atoms with van der Waals surface area (Å²) in [4.78, 5) is 14.1. The highest BCUT2D eigenvalue weighted by atomic mass is 16.3. The van der Waals surface area contributed by atoms with Gasteiger partial charge < -0.3 is 13.4 Å². The van der Waals surface area contributed by atoms with Gasteiger partial charge in [-0.25, -0.2) is 4.98 Å². The molecule has 294 valence electrons. The molecule has 63 heavy (non-hydrogen) atoms. The molecule has 0 aliphatic carbocycles. The topological polar surface area (TPSA) is 69.9 Å². The predicted molar refractivity (Wildman–Crippen MR) is 256 cm³/mol. The summed E-state index contributed by atoms with van der Waals surface area (Å²) in [6.45, 7) is 0. The van der Waals surface area contributed by atoms with Crippen molar-refractivity contribution in [2.45, 2.75) is 0 Å². The maximum absolute atomic E-state index is 6.09. The van der Waals surface area contributed by atoms with E-state index in [4.69, 9.17) is 13.8 Å². The molecule has 0 amide bonds. The fourth-order valence-electron chi connectivity index (χ4n) is 9.29. The summed E-state index contributed by atoms with van der Waals surface area (Å²) >= 11 is 0. The van der Waals surface area contributed by atoms with E-state index < -0.39 is 0 Å². The molecule has 13 rings (SSSR count). The van der Waals surface area contributed by atoms with Gasteiger partial charge in [-0.2, -0.15) is 0 Å². The van der Waals surface area contributed by atoms with Crippen LogP contribution in [0.5, 0.6) is 0 Å². The van der Waals surface area contributed by atoms with Crippen molar-refractivity contribution in [2.24, 2.45) is 0 Å². The Balaban J connectivity index is 0.896. The SMILES string of the molecule is c1ccc(-n2c3ccc(-c4cccc(-c5cccc(-c6ccc7oc8ccncc8c7c6)c5)c4)cc3c3nc(-c4cccc(-c5ccc6oc7ccncc7c6c5)c4)ccc32)cc1. The zero-order valence-electron chi connectivity index (χ0n) is 33.7. The summed E-state index contributed by atoms with van der Waals surface area (Å²) in [5.74, 6) is 0. The van der Waals surface area contributed by atoms with Gasteiger partial charge in [0.1, 0.15) is 22.3 Å². The van der Waals surface area contributed by atoms with Crippen LogP contribution in [0.4, 0.5) is 0 Å². The fourth-order valence-corrected chi connectivity index (χ4v) is 9.29. The van der Waals surface area contributed by atoms with Crippen LogP contribution in [0.1, 0.15) is 0 Å². The summed E-state index contributed by atoms with van der Waals surface area (Å²) in [5, 5.41) is 5.26. The van der Waals surface area contributed by atoms with E-state index in [0.29, 0.717) is 0 Å². The van der Waals surface area contributed by atoms with Crippen LogP contribution < -0.4 is 0 Å². The van der Waals surface area contributed by atoms with E-state index in [-0.39, 0.29) is 0 Å². The first-order valence-electron chi connectivity index (χ1n) is 21.0. The molecular weight excluding hydrogens is 773 g/mol. The van der Waals surface area contributed by atoms with E-state index in [2.05, 4.69) is 178 Å². The smallest absolute Gasteiger partial charge is 0.138 e. The second-order valence-electron chi connectivity index (χ2n) is 16.1. The molecule has 0 bridgehead atoms. The zero-order chi connectivity index (χ0) is 41.4. The number of rotatable bonds is 6. The Morgan fingerprint density at radius 1 is 0.333 bits per heavy atom. The van der Waals surface area contributed by atoms with Crippen molar-refractivity contribution >= 4 is 65.8 Å². The average Bonchev–Trinajstić information content (AvgIpc) is 4.03. The van der Waals surface area contributed by atoms with Gasteiger partial charge in [0.25, 0.3) is 0 Å². The van der Waals surface area contributed by atoms with E-state index in [1.165, 1.54) is 0 Å². The summed E-state index contributed by atoms with van der Waals surface area (Å²) in [5.41, 5.74) is 18.7. The Morgan fingerprint density at radius 2 is 0.794 bits per heavy atom. The monoisotopic (exact) mass is 806 g/mol. The first-order chi connectivity index (χ1) is 31.2. The Hall–Kier alpha value is -8.61. The normalized spacial score (nSPS) is 11.8. The van der Waals surface area contributed by atoms with Gasteiger partial charge in [-0.3, -0.25) is 9.97 Å². The van der Waals surface area contributed by atoms with Crippen LogP contribution in [0.3, 0.4) is 0 Å². The second-order valence-corrected chi connectivity index (χ2v) is 16.1. The molecule has 0 radical (unpaired) electrons. The van der Waals surface area contributed by atoms with Gasteiger partial charge in [-0.1, -0.05) is 91.0 Å². The number of furan rings is 2. The lowest BCUT2D eigenvalue weighted by atomic mass is 9.95. The maximum atomic E-state index is 6.09. The molecule has 0 N–H and O–H groups in total. The minimum atomic E-state index is 0.840. The Kier molecular flexibility index (Phi) is 7.80. The molecule has 6 heteroatoms. The van der Waals surface area contributed by atoms with Gasteiger partial charge in [0, 0.05) is 63.0 Å². The van der Waals surface area contributed by atoms with Crippen molar-refractivity contribution in [1.29, 1.82) is 0 Å². The molecule has 0 spiro atoms. The van der Waals surface area contributed by atoms with Crippen LogP contribution >= 0.6 is 0 Å². The summed E-state index contributed by atoms with van der Waals surface area (Å²) in [7, 11) is 0. The van der Waals surface area contributed by atoms with Crippen molar-refractivity contribution in [1.82, 2.24) is 19.5 Å². The average molecular weight is 807 g/mol. The molecule has 0 fully saturated rings. The second kappa shape index (κ2) is 14.0. The molecule has 0 aliphatic heterocycles. The largest absolute Gasteiger partial charge is 0.456 e. The Morgan fingerprint density at radius 3 is 1.37 bits per heavy atom. The van der Waals surface area contributed by atoms with Gasteiger partial charge in [0.05, 0.1) is 22.2 Å². The minimum absolute atomic E-state index is 0.840. The molecule has 6 heterocycles. The van der Waals surface area contributed by atoms with Crippen LogP contribution in [-0.2, 0) is 0 Å². The standard InChI is InChI=1S/C57H34N4O2/c1-2-13-44(14-3-1)61-51-19-15-40(37-9-4-7-35(27-37)36-8-5-10-38(28-36)41-16-21-53-45(30-41)48-33-58-25-23-55(48)62-53)32-47(51)57-52(61)20-18-50(60-57)43-12-6-11-39(29-43)42-17-22-54-46(31-42)49-34-59-26-24-56(49)63-54/h1-34H. The van der Waals surface area contributed by atoms with Gasteiger partial charge in [0.15, 0.2) is 0 Å². The summed E-state index contributed by atoms with van der Waals surface area (Å²) in [6.07, 6.45) is 7.28. The molecule has 0 unspecified atom stereocenters. The number of benzene rings is 7. The van der Waals surface area contributed by atoms with Gasteiger partial charge in [-0.15, -0.1) is 0 Å². The summed E-state index contributed by atoms with van der Waals surface area (Å²) in [6, 6.07) is 64.5. The Labute approximate surface area is 361 Å². The van der Waals surface area contributed by atoms with Crippen LogP contribution in [-0.4, -0.2) is 19.5 Å². The number of fused-ring (bicyclic) bond motifs is 9. The first kappa shape index (κ1) is 35.2. The van der Waals surface area contributed by atoms with Crippen LogP contribution in [0.15, 0.2) is 216 Å². The maximum Gasteiger partial charge on any atom is 0.138 e. The number of aromatic nitrogens is 4. The molecule has 0 aliphatic rings. The zero-order valence-corrected chi connectivity index (χ0v) is 33.7. The van der Waals surface area contributed by atoms with Crippen LogP contribution in [0, 0.1) is 0 Å². The number of nitrogens with zero attached hydrogens (tertiary/aromatic N) is 4.